The molecule has 0 aromatic rings. The van der Waals surface area contributed by atoms with Crippen molar-refractivity contribution in [2.24, 2.45) is 0 Å². The van der Waals surface area contributed by atoms with E-state index in [0.717, 1.165) is 12.6 Å². The van der Waals surface area contributed by atoms with E-state index in [0.29, 0.717) is 0 Å². The fraction of sp³-hybridized carbons (Fsp3) is 1.00. The van der Waals surface area contributed by atoms with E-state index in [2.05, 4.69) is 11.9 Å². The van der Waals surface area contributed by atoms with Gasteiger partial charge in [0, 0.05) is 12.6 Å². The topological polar surface area (TPSA) is 23.5 Å². The van der Waals surface area contributed by atoms with Gasteiger partial charge < -0.3 is 10.0 Å². The summed E-state index contributed by atoms with van der Waals surface area (Å²) in [7, 11) is 2.13. The summed E-state index contributed by atoms with van der Waals surface area (Å²) in [4.78, 5) is 2.31. The molecule has 0 heterocycles. The summed E-state index contributed by atoms with van der Waals surface area (Å²) in [6, 6.07) is 0.730. The molecule has 1 fully saturated rings. The van der Waals surface area contributed by atoms with Crippen LogP contribution >= 0.6 is 0 Å². The lowest BCUT2D eigenvalue weighted by atomic mass is 9.94. The Morgan fingerprint density at radius 3 is 2.42 bits per heavy atom. The van der Waals surface area contributed by atoms with Gasteiger partial charge in [-0.1, -0.05) is 19.3 Å². The number of aliphatic hydroxyl groups is 1. The number of hydrogen-bond donors (Lipinski definition) is 1. The van der Waals surface area contributed by atoms with Crippen LogP contribution in [0.4, 0.5) is 0 Å². The first-order valence-corrected chi connectivity index (χ1v) is 5.08. The van der Waals surface area contributed by atoms with Gasteiger partial charge >= 0.3 is 0 Å². The lowest BCUT2D eigenvalue weighted by Gasteiger charge is -2.31. The first-order valence-electron chi connectivity index (χ1n) is 5.08. The molecule has 0 bridgehead atoms. The van der Waals surface area contributed by atoms with Crippen molar-refractivity contribution in [2.45, 2.75) is 51.2 Å². The van der Waals surface area contributed by atoms with E-state index in [1.165, 1.54) is 32.1 Å². The van der Waals surface area contributed by atoms with Crippen molar-refractivity contribution < 1.29 is 5.11 Å². The molecule has 72 valence electrons. The molecule has 1 aliphatic rings. The van der Waals surface area contributed by atoms with Gasteiger partial charge in [0.25, 0.3) is 0 Å². The normalized spacial score (nSPS) is 23.0. The Morgan fingerprint density at radius 2 is 1.92 bits per heavy atom. The largest absolute Gasteiger partial charge is 0.392 e. The maximum absolute atomic E-state index is 9.21. The summed E-state index contributed by atoms with van der Waals surface area (Å²) in [6.45, 7) is 2.68. The molecule has 1 N–H and O–H groups in total. The zero-order chi connectivity index (χ0) is 8.97. The van der Waals surface area contributed by atoms with E-state index in [-0.39, 0.29) is 6.10 Å². The summed E-state index contributed by atoms with van der Waals surface area (Å²) in [5.41, 5.74) is 0. The summed E-state index contributed by atoms with van der Waals surface area (Å²) >= 11 is 0. The molecular weight excluding hydrogens is 150 g/mol. The Balaban J connectivity index is 2.24. The molecule has 1 aliphatic carbocycles. The zero-order valence-corrected chi connectivity index (χ0v) is 8.29. The number of hydrogen-bond acceptors (Lipinski definition) is 2. The van der Waals surface area contributed by atoms with Gasteiger partial charge in [0.05, 0.1) is 6.10 Å². The lowest BCUT2D eigenvalue weighted by molar-refractivity contribution is 0.102. The van der Waals surface area contributed by atoms with E-state index in [1.807, 2.05) is 6.92 Å². The van der Waals surface area contributed by atoms with Gasteiger partial charge in [0.1, 0.15) is 0 Å². The first kappa shape index (κ1) is 10.0. The molecule has 0 aromatic carbocycles. The fourth-order valence-corrected chi connectivity index (χ4v) is 2.09. The van der Waals surface area contributed by atoms with Crippen molar-refractivity contribution in [1.82, 2.24) is 4.90 Å². The molecule has 0 saturated heterocycles. The highest BCUT2D eigenvalue weighted by Crippen LogP contribution is 2.21. The predicted molar refractivity (Wildman–Crippen MR) is 51.2 cm³/mol. The second-order valence-corrected chi connectivity index (χ2v) is 4.08. The van der Waals surface area contributed by atoms with Crippen LogP contribution in [0.1, 0.15) is 39.0 Å². The third kappa shape index (κ3) is 3.11. The van der Waals surface area contributed by atoms with E-state index >= 15 is 0 Å². The van der Waals surface area contributed by atoms with Crippen molar-refractivity contribution in [2.75, 3.05) is 13.6 Å². The third-order valence-electron chi connectivity index (χ3n) is 2.75. The molecule has 0 aromatic heterocycles. The highest BCUT2D eigenvalue weighted by molar-refractivity contribution is 4.74. The van der Waals surface area contributed by atoms with Crippen LogP contribution in [0.2, 0.25) is 0 Å². The maximum Gasteiger partial charge on any atom is 0.0639 e. The Hall–Kier alpha value is -0.0800. The van der Waals surface area contributed by atoms with Crippen molar-refractivity contribution in [1.29, 1.82) is 0 Å². The van der Waals surface area contributed by atoms with Crippen LogP contribution in [0.3, 0.4) is 0 Å². The molecule has 0 amide bonds. The third-order valence-corrected chi connectivity index (χ3v) is 2.75. The number of aliphatic hydroxyl groups excluding tert-OH is 1. The minimum atomic E-state index is -0.183. The van der Waals surface area contributed by atoms with Crippen LogP contribution in [-0.2, 0) is 0 Å². The lowest BCUT2D eigenvalue weighted by Crippen LogP contribution is -2.37. The van der Waals surface area contributed by atoms with Crippen molar-refractivity contribution >= 4 is 0 Å². The quantitative estimate of drug-likeness (QED) is 0.697. The first-order chi connectivity index (χ1) is 5.70. The standard InChI is InChI=1S/C10H21NO/c1-9(12)8-11(2)10-6-4-3-5-7-10/h9-10,12H,3-8H2,1-2H3/t9-/m1/s1. The molecule has 0 spiro atoms. The highest BCUT2D eigenvalue weighted by Gasteiger charge is 2.18. The summed E-state index contributed by atoms with van der Waals surface area (Å²) in [6.07, 6.45) is 6.60. The molecule has 0 aliphatic heterocycles. The SMILES string of the molecule is C[C@@H](O)CN(C)C1CCCCC1. The molecule has 2 nitrogen and oxygen atoms in total. The second kappa shape index (κ2) is 4.83. The van der Waals surface area contributed by atoms with Crippen molar-refractivity contribution in [3.8, 4) is 0 Å². The Bertz CT molecular complexity index is 119. The van der Waals surface area contributed by atoms with Crippen LogP contribution < -0.4 is 0 Å². The van der Waals surface area contributed by atoms with Crippen molar-refractivity contribution in [3.63, 3.8) is 0 Å². The minimum Gasteiger partial charge on any atom is -0.392 e. The van der Waals surface area contributed by atoms with Gasteiger partial charge in [-0.2, -0.15) is 0 Å². The van der Waals surface area contributed by atoms with E-state index in [9.17, 15) is 5.11 Å². The molecule has 1 saturated carbocycles. The van der Waals surface area contributed by atoms with Gasteiger partial charge in [0.2, 0.25) is 0 Å². The Labute approximate surface area is 75.6 Å². The maximum atomic E-state index is 9.21. The van der Waals surface area contributed by atoms with Gasteiger partial charge in [0.15, 0.2) is 0 Å². The van der Waals surface area contributed by atoms with E-state index in [1.54, 1.807) is 0 Å². The van der Waals surface area contributed by atoms with Gasteiger partial charge in [-0.3, -0.25) is 0 Å². The zero-order valence-electron chi connectivity index (χ0n) is 8.29. The summed E-state index contributed by atoms with van der Waals surface area (Å²) < 4.78 is 0. The highest BCUT2D eigenvalue weighted by atomic mass is 16.3. The van der Waals surface area contributed by atoms with Crippen LogP contribution in [0.15, 0.2) is 0 Å². The molecule has 0 radical (unpaired) electrons. The average molecular weight is 171 g/mol. The van der Waals surface area contributed by atoms with Gasteiger partial charge in [-0.05, 0) is 26.8 Å². The van der Waals surface area contributed by atoms with Gasteiger partial charge in [-0.25, -0.2) is 0 Å². The van der Waals surface area contributed by atoms with Crippen LogP contribution in [0.5, 0.6) is 0 Å². The predicted octanol–water partition coefficient (Wildman–Crippen LogP) is 1.63. The number of rotatable bonds is 3. The monoisotopic (exact) mass is 171 g/mol. The molecule has 2 heteroatoms. The molecular formula is C10H21NO. The van der Waals surface area contributed by atoms with E-state index < -0.39 is 0 Å². The fourth-order valence-electron chi connectivity index (χ4n) is 2.09. The average Bonchev–Trinajstić information content (AvgIpc) is 2.05. The van der Waals surface area contributed by atoms with E-state index in [4.69, 9.17) is 0 Å². The molecule has 0 unspecified atom stereocenters. The number of likely N-dealkylation sites (N-methyl/N-ethyl adjacent to an activating group) is 1. The minimum absolute atomic E-state index is 0.183. The number of nitrogens with zero attached hydrogens (tertiary/aromatic N) is 1. The smallest absolute Gasteiger partial charge is 0.0639 e. The Morgan fingerprint density at radius 1 is 1.33 bits per heavy atom. The second-order valence-electron chi connectivity index (χ2n) is 4.08. The van der Waals surface area contributed by atoms with Crippen LogP contribution in [-0.4, -0.2) is 35.7 Å². The summed E-state index contributed by atoms with van der Waals surface area (Å²) in [5, 5.41) is 9.21. The molecule has 1 atom stereocenters. The van der Waals surface area contributed by atoms with Crippen molar-refractivity contribution in [3.05, 3.63) is 0 Å². The Kier molecular flexibility index (Phi) is 4.02. The summed E-state index contributed by atoms with van der Waals surface area (Å²) in [5.74, 6) is 0. The molecule has 1 rings (SSSR count). The molecule has 12 heavy (non-hydrogen) atoms. The van der Waals surface area contributed by atoms with Crippen LogP contribution in [0.25, 0.3) is 0 Å². The van der Waals surface area contributed by atoms with Gasteiger partial charge in [-0.15, -0.1) is 0 Å². The van der Waals surface area contributed by atoms with Crippen LogP contribution in [0, 0.1) is 0 Å².